The van der Waals surface area contributed by atoms with Gasteiger partial charge in [-0.15, -0.1) is 0 Å². The highest BCUT2D eigenvalue weighted by atomic mass is 32.2. The van der Waals surface area contributed by atoms with Crippen LogP contribution in [0, 0.1) is 11.7 Å². The number of rotatable bonds is 9. The van der Waals surface area contributed by atoms with Crippen LogP contribution in [0.4, 0.5) is 4.39 Å². The third-order valence-corrected chi connectivity index (χ3v) is 8.17. The fourth-order valence-electron chi connectivity index (χ4n) is 4.58. The minimum absolute atomic E-state index is 0.0935. The third-order valence-electron chi connectivity index (χ3n) is 6.43. The van der Waals surface area contributed by atoms with Crippen LogP contribution in [-0.2, 0) is 29.0 Å². The van der Waals surface area contributed by atoms with Gasteiger partial charge >= 0.3 is 0 Å². The fraction of sp³-hybridized carbons (Fsp3) is 0.480. The summed E-state index contributed by atoms with van der Waals surface area (Å²) in [7, 11) is -2.14. The summed E-state index contributed by atoms with van der Waals surface area (Å²) < 4.78 is 29.3. The Kier molecular flexibility index (Phi) is 6.61. The molecule has 0 radical (unpaired) electrons. The molecule has 0 aromatic heterocycles. The first-order valence-corrected chi connectivity index (χ1v) is 13.0. The van der Waals surface area contributed by atoms with Crippen molar-refractivity contribution in [2.24, 2.45) is 11.7 Å². The van der Waals surface area contributed by atoms with Gasteiger partial charge in [0.25, 0.3) is 0 Å². The van der Waals surface area contributed by atoms with Crippen LogP contribution in [0.5, 0.6) is 0 Å². The van der Waals surface area contributed by atoms with Crippen molar-refractivity contribution in [1.29, 1.82) is 0 Å². The van der Waals surface area contributed by atoms with E-state index in [1.807, 2.05) is 6.07 Å². The zero-order valence-electron chi connectivity index (χ0n) is 17.6. The summed E-state index contributed by atoms with van der Waals surface area (Å²) in [5, 5.41) is 0. The monoisotopic (exact) mass is 428 g/mol. The topological polar surface area (TPSA) is 55.1 Å². The molecule has 1 saturated carbocycles. The molecule has 0 bridgehead atoms. The molecule has 5 heteroatoms. The summed E-state index contributed by atoms with van der Waals surface area (Å²) in [6, 6.07) is 13.7. The van der Waals surface area contributed by atoms with Crippen molar-refractivity contribution in [2.45, 2.75) is 56.9 Å². The Morgan fingerprint density at radius 1 is 1.13 bits per heavy atom. The SMILES string of the molecule is C=S(=O)(CC1CC1)NCCCc1ccc2c(c1)C(Cc1cccc(F)c1)C(N)CC2. The van der Waals surface area contributed by atoms with Crippen molar-refractivity contribution in [3.05, 3.63) is 70.5 Å². The predicted molar refractivity (Wildman–Crippen MR) is 125 cm³/mol. The summed E-state index contributed by atoms with van der Waals surface area (Å²) >= 11 is 0. The number of nitrogens with two attached hydrogens (primary N) is 1. The Balaban J connectivity index is 1.40. The smallest absolute Gasteiger partial charge is 0.123 e. The lowest BCUT2D eigenvalue weighted by Gasteiger charge is -2.32. The molecule has 0 amide bonds. The van der Waals surface area contributed by atoms with E-state index in [9.17, 15) is 8.60 Å². The largest absolute Gasteiger partial charge is 0.327 e. The van der Waals surface area contributed by atoms with Gasteiger partial charge in [-0.25, -0.2) is 9.11 Å². The van der Waals surface area contributed by atoms with E-state index in [-0.39, 0.29) is 17.8 Å². The normalized spacial score (nSPS) is 23.0. The Morgan fingerprint density at radius 3 is 2.73 bits per heavy atom. The number of benzene rings is 2. The number of halogens is 1. The van der Waals surface area contributed by atoms with Crippen molar-refractivity contribution < 1.29 is 8.60 Å². The molecule has 3 nitrogen and oxygen atoms in total. The van der Waals surface area contributed by atoms with Crippen LogP contribution in [-0.4, -0.2) is 28.4 Å². The lowest BCUT2D eigenvalue weighted by Crippen LogP contribution is -2.34. The zero-order valence-corrected chi connectivity index (χ0v) is 18.4. The van der Waals surface area contributed by atoms with Gasteiger partial charge in [0.2, 0.25) is 0 Å². The number of aryl methyl sites for hydroxylation is 2. The average molecular weight is 429 g/mol. The molecule has 2 aliphatic rings. The van der Waals surface area contributed by atoms with Crippen molar-refractivity contribution >= 4 is 15.6 Å². The molecule has 30 heavy (non-hydrogen) atoms. The van der Waals surface area contributed by atoms with E-state index in [1.54, 1.807) is 12.1 Å². The maximum atomic E-state index is 13.6. The van der Waals surface area contributed by atoms with Crippen molar-refractivity contribution in [3.63, 3.8) is 0 Å². The van der Waals surface area contributed by atoms with Gasteiger partial charge in [-0.05, 0) is 91.1 Å². The molecular formula is C25H33FN2OS. The zero-order chi connectivity index (χ0) is 21.1. The third kappa shape index (κ3) is 5.71. The Bertz CT molecular complexity index is 984. The fourth-order valence-corrected chi connectivity index (χ4v) is 6.31. The van der Waals surface area contributed by atoms with Gasteiger partial charge in [-0.1, -0.05) is 30.3 Å². The quantitative estimate of drug-likeness (QED) is 0.469. The minimum Gasteiger partial charge on any atom is -0.327 e. The number of fused-ring (bicyclic) bond motifs is 1. The first-order valence-electron chi connectivity index (χ1n) is 11.1. The van der Waals surface area contributed by atoms with Crippen LogP contribution in [0.25, 0.3) is 0 Å². The Labute approximate surface area is 180 Å². The number of hydrogen-bond donors (Lipinski definition) is 2. The van der Waals surface area contributed by atoms with Gasteiger partial charge in [-0.3, -0.25) is 4.21 Å². The van der Waals surface area contributed by atoms with E-state index in [4.69, 9.17) is 5.73 Å². The molecule has 1 fully saturated rings. The second kappa shape index (κ2) is 9.21. The van der Waals surface area contributed by atoms with E-state index in [2.05, 4.69) is 28.8 Å². The van der Waals surface area contributed by atoms with E-state index in [1.165, 1.54) is 35.6 Å². The minimum atomic E-state index is -2.14. The maximum Gasteiger partial charge on any atom is 0.123 e. The summed E-state index contributed by atoms with van der Waals surface area (Å²) in [6.45, 7) is 0.721. The molecule has 3 N–H and O–H groups in total. The van der Waals surface area contributed by atoms with Gasteiger partial charge in [0.05, 0.1) is 0 Å². The van der Waals surface area contributed by atoms with Gasteiger partial charge in [0.1, 0.15) is 5.82 Å². The second-order valence-corrected chi connectivity index (χ2v) is 11.3. The summed E-state index contributed by atoms with van der Waals surface area (Å²) in [4.78, 5) is 0. The molecule has 2 aliphatic carbocycles. The number of hydrogen-bond acceptors (Lipinski definition) is 2. The Morgan fingerprint density at radius 2 is 1.97 bits per heavy atom. The molecule has 3 atom stereocenters. The summed E-state index contributed by atoms with van der Waals surface area (Å²) in [5.74, 6) is 5.24. The highest BCUT2D eigenvalue weighted by Crippen LogP contribution is 2.34. The standard InChI is InChI=1S/C25H33FN2OS/c1-30(29,17-19-7-8-19)28-13-3-5-18-9-10-21-11-12-25(27)24(23(21)15-18)16-20-4-2-6-22(26)14-20/h2,4,6,9-10,14-15,19,24-25H,1,3,5,7-8,11-13,16-17,27H2,(H,28,29). The van der Waals surface area contributed by atoms with E-state index in [0.29, 0.717) is 11.7 Å². The maximum absolute atomic E-state index is 13.6. The van der Waals surface area contributed by atoms with E-state index in [0.717, 1.165) is 44.2 Å². The highest BCUT2D eigenvalue weighted by Gasteiger charge is 2.28. The highest BCUT2D eigenvalue weighted by molar-refractivity contribution is 7.98. The number of nitrogens with one attached hydrogen (secondary N) is 1. The predicted octanol–water partition coefficient (Wildman–Crippen LogP) is 3.99. The van der Waals surface area contributed by atoms with Crippen LogP contribution in [0.1, 0.15) is 53.9 Å². The molecule has 2 aromatic carbocycles. The van der Waals surface area contributed by atoms with Crippen LogP contribution in [0.3, 0.4) is 0 Å². The van der Waals surface area contributed by atoms with Crippen LogP contribution in [0.2, 0.25) is 0 Å². The van der Waals surface area contributed by atoms with Gasteiger partial charge in [0, 0.05) is 34.0 Å². The first-order chi connectivity index (χ1) is 14.4. The molecule has 3 unspecified atom stereocenters. The first kappa shape index (κ1) is 21.5. The molecule has 0 heterocycles. The molecule has 0 aliphatic heterocycles. The molecule has 4 rings (SSSR count). The van der Waals surface area contributed by atoms with Crippen LogP contribution in [0.15, 0.2) is 42.5 Å². The molecule has 0 saturated heterocycles. The molecule has 2 aromatic rings. The lowest BCUT2D eigenvalue weighted by molar-refractivity contribution is 0.466. The average Bonchev–Trinajstić information content (AvgIpc) is 3.51. The second-order valence-electron chi connectivity index (χ2n) is 9.10. The van der Waals surface area contributed by atoms with Gasteiger partial charge in [-0.2, -0.15) is 0 Å². The van der Waals surface area contributed by atoms with Gasteiger partial charge < -0.3 is 5.73 Å². The van der Waals surface area contributed by atoms with Crippen molar-refractivity contribution in [1.82, 2.24) is 4.72 Å². The van der Waals surface area contributed by atoms with Gasteiger partial charge in [0.15, 0.2) is 0 Å². The molecule has 162 valence electrons. The van der Waals surface area contributed by atoms with E-state index < -0.39 is 9.71 Å². The Hall–Kier alpha value is -1.69. The van der Waals surface area contributed by atoms with Crippen molar-refractivity contribution in [2.75, 3.05) is 12.3 Å². The summed E-state index contributed by atoms with van der Waals surface area (Å²) in [5.41, 5.74) is 11.5. The summed E-state index contributed by atoms with van der Waals surface area (Å²) in [6.07, 6.45) is 6.99. The lowest BCUT2D eigenvalue weighted by atomic mass is 9.76. The van der Waals surface area contributed by atoms with Crippen LogP contribution >= 0.6 is 0 Å². The van der Waals surface area contributed by atoms with E-state index >= 15 is 0 Å². The molecule has 0 spiro atoms. The van der Waals surface area contributed by atoms with Crippen molar-refractivity contribution in [3.8, 4) is 0 Å². The molecular weight excluding hydrogens is 395 g/mol. The van der Waals surface area contributed by atoms with Crippen LogP contribution < -0.4 is 10.5 Å².